The summed E-state index contributed by atoms with van der Waals surface area (Å²) in [5.74, 6) is -0.0911. The van der Waals surface area contributed by atoms with Crippen LogP contribution in [-0.2, 0) is 22.6 Å². The molecule has 3 heterocycles. The minimum atomic E-state index is -0.0911. The summed E-state index contributed by atoms with van der Waals surface area (Å²) >= 11 is 0. The predicted molar refractivity (Wildman–Crippen MR) is 110 cm³/mol. The van der Waals surface area contributed by atoms with E-state index in [1.165, 1.54) is 0 Å². The number of carbonyl (C=O) groups excluding carboxylic acids is 1. The number of nitrogens with zero attached hydrogens (tertiary/aromatic N) is 3. The van der Waals surface area contributed by atoms with E-state index in [0.717, 1.165) is 16.9 Å². The molecule has 1 amide bonds. The van der Waals surface area contributed by atoms with Crippen molar-refractivity contribution in [1.82, 2.24) is 19.6 Å². The van der Waals surface area contributed by atoms with Gasteiger partial charge in [0.25, 0.3) is 5.91 Å². The first kappa shape index (κ1) is 19.6. The molecule has 4 rings (SSSR count). The molecular formula is C22H26N4O3. The fourth-order valence-corrected chi connectivity index (χ4v) is 3.50. The standard InChI is InChI=1S/C22H26N4O3/c1-25(15-17-7-3-2-4-8-17)22(27)21-19(26-10-6-5-9-20(26)24-21)14-23-13-18-16-28-11-12-29-18/h2-10,18,23H,11-16H2,1H3/t18-/m0/s1. The van der Waals surface area contributed by atoms with Crippen molar-refractivity contribution >= 4 is 11.6 Å². The van der Waals surface area contributed by atoms with Crippen LogP contribution in [0, 0.1) is 0 Å². The highest BCUT2D eigenvalue weighted by Gasteiger charge is 2.22. The Morgan fingerprint density at radius 1 is 1.21 bits per heavy atom. The third-order valence-electron chi connectivity index (χ3n) is 4.99. The first-order valence-electron chi connectivity index (χ1n) is 9.88. The number of hydrogen-bond acceptors (Lipinski definition) is 5. The number of rotatable bonds is 7. The third-order valence-corrected chi connectivity index (χ3v) is 4.99. The van der Waals surface area contributed by atoms with Crippen LogP contribution in [0.1, 0.15) is 21.7 Å². The number of carbonyl (C=O) groups is 1. The zero-order valence-electron chi connectivity index (χ0n) is 16.6. The monoisotopic (exact) mass is 394 g/mol. The fourth-order valence-electron chi connectivity index (χ4n) is 3.50. The second kappa shape index (κ2) is 9.17. The minimum Gasteiger partial charge on any atom is -0.376 e. The van der Waals surface area contributed by atoms with Crippen molar-refractivity contribution in [2.75, 3.05) is 33.4 Å². The van der Waals surface area contributed by atoms with Gasteiger partial charge in [-0.3, -0.25) is 4.79 Å². The molecule has 29 heavy (non-hydrogen) atoms. The van der Waals surface area contributed by atoms with Crippen LogP contribution in [0.4, 0.5) is 0 Å². The van der Waals surface area contributed by atoms with Crippen LogP contribution in [0.2, 0.25) is 0 Å². The summed E-state index contributed by atoms with van der Waals surface area (Å²) in [6, 6.07) is 15.7. The lowest BCUT2D eigenvalue weighted by Crippen LogP contribution is -2.37. The van der Waals surface area contributed by atoms with Gasteiger partial charge in [0.05, 0.1) is 31.6 Å². The van der Waals surface area contributed by atoms with Crippen molar-refractivity contribution in [3.05, 3.63) is 71.7 Å². The molecule has 1 N–H and O–H groups in total. The van der Waals surface area contributed by atoms with E-state index in [2.05, 4.69) is 10.3 Å². The van der Waals surface area contributed by atoms with E-state index in [9.17, 15) is 4.79 Å². The minimum absolute atomic E-state index is 0.0304. The van der Waals surface area contributed by atoms with Crippen molar-refractivity contribution in [3.8, 4) is 0 Å². The smallest absolute Gasteiger partial charge is 0.274 e. The van der Waals surface area contributed by atoms with E-state index in [4.69, 9.17) is 9.47 Å². The Kier molecular flexibility index (Phi) is 6.19. The maximum absolute atomic E-state index is 13.2. The number of nitrogens with one attached hydrogen (secondary N) is 1. The molecule has 1 saturated heterocycles. The molecule has 7 nitrogen and oxygen atoms in total. The Balaban J connectivity index is 1.51. The molecule has 0 radical (unpaired) electrons. The SMILES string of the molecule is CN(Cc1ccccc1)C(=O)c1nc2ccccn2c1CNC[C@H]1COCCO1. The van der Waals surface area contributed by atoms with Gasteiger partial charge in [-0.05, 0) is 17.7 Å². The molecule has 3 aromatic rings. The molecule has 152 valence electrons. The van der Waals surface area contributed by atoms with Crippen LogP contribution < -0.4 is 5.32 Å². The first-order chi connectivity index (χ1) is 14.2. The van der Waals surface area contributed by atoms with Crippen LogP contribution >= 0.6 is 0 Å². The Morgan fingerprint density at radius 3 is 2.83 bits per heavy atom. The lowest BCUT2D eigenvalue weighted by molar-refractivity contribution is -0.0864. The molecule has 1 aliphatic heterocycles. The van der Waals surface area contributed by atoms with Gasteiger partial charge >= 0.3 is 0 Å². The van der Waals surface area contributed by atoms with Gasteiger partial charge in [0.15, 0.2) is 5.69 Å². The van der Waals surface area contributed by atoms with Crippen molar-refractivity contribution in [3.63, 3.8) is 0 Å². The lowest BCUT2D eigenvalue weighted by Gasteiger charge is -2.23. The van der Waals surface area contributed by atoms with Crippen molar-refractivity contribution in [1.29, 1.82) is 0 Å². The molecule has 0 unspecified atom stereocenters. The average Bonchev–Trinajstić information content (AvgIpc) is 3.13. The zero-order chi connectivity index (χ0) is 20.1. The van der Waals surface area contributed by atoms with Gasteiger partial charge in [0, 0.05) is 32.9 Å². The molecule has 0 bridgehead atoms. The van der Waals surface area contributed by atoms with E-state index in [-0.39, 0.29) is 12.0 Å². The highest BCUT2D eigenvalue weighted by molar-refractivity contribution is 5.94. The highest BCUT2D eigenvalue weighted by atomic mass is 16.6. The van der Waals surface area contributed by atoms with Crippen molar-refractivity contribution in [2.24, 2.45) is 0 Å². The van der Waals surface area contributed by atoms with E-state index in [0.29, 0.717) is 45.1 Å². The van der Waals surface area contributed by atoms with Crippen LogP contribution in [-0.4, -0.2) is 59.7 Å². The van der Waals surface area contributed by atoms with Gasteiger partial charge < -0.3 is 24.1 Å². The Hall–Kier alpha value is -2.74. The number of aromatic nitrogens is 2. The van der Waals surface area contributed by atoms with E-state index < -0.39 is 0 Å². The third kappa shape index (κ3) is 4.64. The molecule has 7 heteroatoms. The molecule has 0 aliphatic carbocycles. The van der Waals surface area contributed by atoms with Gasteiger partial charge in [-0.2, -0.15) is 0 Å². The quantitative estimate of drug-likeness (QED) is 0.665. The van der Waals surface area contributed by atoms with E-state index in [1.54, 1.807) is 4.90 Å². The van der Waals surface area contributed by atoms with E-state index in [1.807, 2.05) is 66.2 Å². The van der Waals surface area contributed by atoms with Crippen LogP contribution in [0.25, 0.3) is 5.65 Å². The van der Waals surface area contributed by atoms with Crippen LogP contribution in [0.3, 0.4) is 0 Å². The summed E-state index contributed by atoms with van der Waals surface area (Å²) in [7, 11) is 1.81. The average molecular weight is 394 g/mol. The number of hydrogen-bond donors (Lipinski definition) is 1. The molecule has 2 aromatic heterocycles. The zero-order valence-corrected chi connectivity index (χ0v) is 16.6. The Labute approximate surface area is 170 Å². The normalized spacial score (nSPS) is 16.8. The van der Waals surface area contributed by atoms with Crippen LogP contribution in [0.15, 0.2) is 54.7 Å². The van der Waals surface area contributed by atoms with Crippen molar-refractivity contribution < 1.29 is 14.3 Å². The van der Waals surface area contributed by atoms with Gasteiger partial charge in [-0.15, -0.1) is 0 Å². The maximum Gasteiger partial charge on any atom is 0.274 e. The largest absolute Gasteiger partial charge is 0.376 e. The molecule has 1 atom stereocenters. The summed E-state index contributed by atoms with van der Waals surface area (Å²) in [4.78, 5) is 19.5. The molecule has 0 spiro atoms. The first-order valence-corrected chi connectivity index (χ1v) is 9.88. The highest BCUT2D eigenvalue weighted by Crippen LogP contribution is 2.16. The topological polar surface area (TPSA) is 68.1 Å². The molecule has 1 aliphatic rings. The number of imidazole rings is 1. The maximum atomic E-state index is 13.2. The van der Waals surface area contributed by atoms with Crippen LogP contribution in [0.5, 0.6) is 0 Å². The van der Waals surface area contributed by atoms with Gasteiger partial charge in [-0.1, -0.05) is 36.4 Å². The summed E-state index contributed by atoms with van der Waals surface area (Å²) in [6.45, 7) is 3.57. The Morgan fingerprint density at radius 2 is 2.03 bits per heavy atom. The molecular weight excluding hydrogens is 368 g/mol. The summed E-state index contributed by atoms with van der Waals surface area (Å²) in [6.07, 6.45) is 1.97. The second-order valence-electron chi connectivity index (χ2n) is 7.18. The van der Waals surface area contributed by atoms with Gasteiger partial charge in [0.1, 0.15) is 5.65 Å². The summed E-state index contributed by atoms with van der Waals surface area (Å²) < 4.78 is 13.1. The Bertz CT molecular complexity index is 951. The fraction of sp³-hybridized carbons (Fsp3) is 0.364. The molecule has 1 aromatic carbocycles. The van der Waals surface area contributed by atoms with E-state index >= 15 is 0 Å². The summed E-state index contributed by atoms with van der Waals surface area (Å²) in [5, 5.41) is 3.40. The van der Waals surface area contributed by atoms with Crippen molar-refractivity contribution in [2.45, 2.75) is 19.2 Å². The lowest BCUT2D eigenvalue weighted by atomic mass is 10.2. The van der Waals surface area contributed by atoms with Gasteiger partial charge in [0.2, 0.25) is 0 Å². The number of amides is 1. The predicted octanol–water partition coefficient (Wildman–Crippen LogP) is 2.11. The molecule has 0 saturated carbocycles. The summed E-state index contributed by atoms with van der Waals surface area (Å²) in [5.41, 5.74) is 3.17. The van der Waals surface area contributed by atoms with Gasteiger partial charge in [-0.25, -0.2) is 4.98 Å². The number of benzene rings is 1. The number of fused-ring (bicyclic) bond motifs is 1. The number of pyridine rings is 1. The second-order valence-corrected chi connectivity index (χ2v) is 7.18. The molecule has 1 fully saturated rings. The number of ether oxygens (including phenoxy) is 2.